The summed E-state index contributed by atoms with van der Waals surface area (Å²) >= 11 is 3.37. The molecule has 24 heavy (non-hydrogen) atoms. The summed E-state index contributed by atoms with van der Waals surface area (Å²) in [7, 11) is -3.46. The number of hydrogen-bond acceptors (Lipinski definition) is 3. The molecule has 0 aromatic heterocycles. The second-order valence-electron chi connectivity index (χ2n) is 5.56. The molecule has 1 amide bonds. The summed E-state index contributed by atoms with van der Waals surface area (Å²) in [4.78, 5) is 12.7. The van der Waals surface area contributed by atoms with Crippen LogP contribution in [0.1, 0.15) is 42.2 Å². The molecule has 0 saturated carbocycles. The summed E-state index contributed by atoms with van der Waals surface area (Å²) < 4.78 is 25.7. The largest absolute Gasteiger partial charge is 0.345 e. The first-order valence-electron chi connectivity index (χ1n) is 7.73. The molecular formula is C18H20BrNO3S. The molecule has 0 aliphatic carbocycles. The molecule has 0 aliphatic heterocycles. The van der Waals surface area contributed by atoms with Crippen molar-refractivity contribution in [3.8, 4) is 0 Å². The Morgan fingerprint density at radius 3 is 2.38 bits per heavy atom. The van der Waals surface area contributed by atoms with E-state index in [0.717, 1.165) is 10.0 Å². The number of halogens is 1. The molecule has 0 radical (unpaired) electrons. The second-order valence-corrected chi connectivity index (χ2v) is 8.55. The van der Waals surface area contributed by atoms with Crippen LogP contribution in [0.2, 0.25) is 0 Å². The van der Waals surface area contributed by atoms with Crippen LogP contribution in [0.3, 0.4) is 0 Å². The van der Waals surface area contributed by atoms with Gasteiger partial charge in [-0.15, -0.1) is 0 Å². The summed E-state index contributed by atoms with van der Waals surface area (Å²) in [5.74, 6) is -0.361. The van der Waals surface area contributed by atoms with Gasteiger partial charge in [-0.05, 0) is 43.2 Å². The van der Waals surface area contributed by atoms with Gasteiger partial charge in [0.05, 0.1) is 22.3 Å². The van der Waals surface area contributed by atoms with Gasteiger partial charge in [0.1, 0.15) is 0 Å². The molecular weight excluding hydrogens is 390 g/mol. The fraction of sp³-hybridized carbons (Fsp3) is 0.278. The molecule has 2 aromatic carbocycles. The maximum absolute atomic E-state index is 12.6. The minimum atomic E-state index is -3.46. The number of sulfone groups is 1. The molecule has 0 fully saturated rings. The number of benzene rings is 2. The molecule has 4 nitrogen and oxygen atoms in total. The summed E-state index contributed by atoms with van der Waals surface area (Å²) in [5, 5.41) is 2.87. The van der Waals surface area contributed by atoms with Crippen LogP contribution < -0.4 is 5.32 Å². The van der Waals surface area contributed by atoms with Crippen LogP contribution in [0, 0.1) is 0 Å². The second kappa shape index (κ2) is 7.94. The topological polar surface area (TPSA) is 63.2 Å². The number of amides is 1. The lowest BCUT2D eigenvalue weighted by atomic mass is 10.1. The van der Waals surface area contributed by atoms with Gasteiger partial charge in [-0.1, -0.05) is 47.1 Å². The van der Waals surface area contributed by atoms with E-state index in [1.54, 1.807) is 25.1 Å². The highest BCUT2D eigenvalue weighted by Gasteiger charge is 2.22. The van der Waals surface area contributed by atoms with Gasteiger partial charge in [-0.3, -0.25) is 4.79 Å². The number of carbonyl (C=O) groups is 1. The van der Waals surface area contributed by atoms with E-state index in [1.807, 2.05) is 31.2 Å². The van der Waals surface area contributed by atoms with Gasteiger partial charge in [-0.2, -0.15) is 0 Å². The van der Waals surface area contributed by atoms with Gasteiger partial charge in [0, 0.05) is 4.47 Å². The molecule has 2 aromatic rings. The first-order valence-corrected chi connectivity index (χ1v) is 10.2. The van der Waals surface area contributed by atoms with Crippen LogP contribution in [0.4, 0.5) is 0 Å². The third kappa shape index (κ3) is 4.45. The Morgan fingerprint density at radius 1 is 1.12 bits per heavy atom. The van der Waals surface area contributed by atoms with E-state index >= 15 is 0 Å². The summed E-state index contributed by atoms with van der Waals surface area (Å²) in [6, 6.07) is 13.7. The normalized spacial score (nSPS) is 12.6. The molecule has 1 atom stereocenters. The van der Waals surface area contributed by atoms with Gasteiger partial charge in [0.25, 0.3) is 5.91 Å². The van der Waals surface area contributed by atoms with Crippen LogP contribution in [-0.4, -0.2) is 20.1 Å². The van der Waals surface area contributed by atoms with Crippen molar-refractivity contribution in [3.63, 3.8) is 0 Å². The Bertz CT molecular complexity index is 816. The third-order valence-electron chi connectivity index (χ3n) is 3.66. The molecule has 0 heterocycles. The van der Waals surface area contributed by atoms with Crippen LogP contribution in [0.5, 0.6) is 0 Å². The van der Waals surface area contributed by atoms with Crippen LogP contribution in [0.25, 0.3) is 0 Å². The maximum Gasteiger partial charge on any atom is 0.253 e. The predicted octanol–water partition coefficient (Wildman–Crippen LogP) is 4.12. The highest BCUT2D eigenvalue weighted by molar-refractivity contribution is 9.10. The molecule has 0 spiro atoms. The fourth-order valence-electron chi connectivity index (χ4n) is 2.41. The minimum absolute atomic E-state index is 0.0273. The van der Waals surface area contributed by atoms with Crippen LogP contribution in [0.15, 0.2) is 57.9 Å². The molecule has 0 saturated heterocycles. The van der Waals surface area contributed by atoms with Crippen molar-refractivity contribution < 1.29 is 13.2 Å². The van der Waals surface area contributed by atoms with E-state index in [4.69, 9.17) is 0 Å². The lowest BCUT2D eigenvalue weighted by Crippen LogP contribution is -2.28. The van der Waals surface area contributed by atoms with E-state index in [1.165, 1.54) is 6.07 Å². The smallest absolute Gasteiger partial charge is 0.253 e. The van der Waals surface area contributed by atoms with Crippen molar-refractivity contribution >= 4 is 31.7 Å². The van der Waals surface area contributed by atoms with Gasteiger partial charge >= 0.3 is 0 Å². The maximum atomic E-state index is 12.6. The van der Waals surface area contributed by atoms with Crippen molar-refractivity contribution in [3.05, 3.63) is 64.1 Å². The Morgan fingerprint density at radius 2 is 1.75 bits per heavy atom. The molecule has 128 valence electrons. The standard InChI is InChI=1S/C18H20BrNO3S/c1-3-12-24(22,23)17-7-5-4-6-16(17)18(21)20-13(2)14-8-10-15(19)11-9-14/h4-11,13H,3,12H2,1-2H3,(H,20,21)/t13-/m0/s1. The van der Waals surface area contributed by atoms with Crippen LogP contribution in [-0.2, 0) is 9.84 Å². The van der Waals surface area contributed by atoms with Gasteiger partial charge in [-0.25, -0.2) is 8.42 Å². The van der Waals surface area contributed by atoms with Crippen molar-refractivity contribution in [2.45, 2.75) is 31.2 Å². The number of hydrogen-bond donors (Lipinski definition) is 1. The first kappa shape index (κ1) is 18.7. The van der Waals surface area contributed by atoms with E-state index in [-0.39, 0.29) is 28.2 Å². The monoisotopic (exact) mass is 409 g/mol. The average Bonchev–Trinajstić information content (AvgIpc) is 2.55. The number of nitrogens with one attached hydrogen (secondary N) is 1. The zero-order valence-electron chi connectivity index (χ0n) is 13.6. The molecule has 0 unspecified atom stereocenters. The summed E-state index contributed by atoms with van der Waals surface area (Å²) in [6.45, 7) is 3.67. The lowest BCUT2D eigenvalue weighted by molar-refractivity contribution is 0.0936. The van der Waals surface area contributed by atoms with Crippen molar-refractivity contribution in [1.82, 2.24) is 5.32 Å². The van der Waals surface area contributed by atoms with Crippen molar-refractivity contribution in [1.29, 1.82) is 0 Å². The average molecular weight is 410 g/mol. The summed E-state index contributed by atoms with van der Waals surface area (Å²) in [5.41, 5.74) is 1.13. The minimum Gasteiger partial charge on any atom is -0.345 e. The number of rotatable bonds is 6. The molecule has 1 N–H and O–H groups in total. The van der Waals surface area contributed by atoms with E-state index in [0.29, 0.717) is 6.42 Å². The Kier molecular flexibility index (Phi) is 6.18. The number of carbonyl (C=O) groups excluding carboxylic acids is 1. The quantitative estimate of drug-likeness (QED) is 0.779. The predicted molar refractivity (Wildman–Crippen MR) is 98.8 cm³/mol. The highest BCUT2D eigenvalue weighted by Crippen LogP contribution is 2.20. The van der Waals surface area contributed by atoms with Crippen LogP contribution >= 0.6 is 15.9 Å². The molecule has 2 rings (SSSR count). The third-order valence-corrected chi connectivity index (χ3v) is 6.16. The van der Waals surface area contributed by atoms with E-state index in [9.17, 15) is 13.2 Å². The van der Waals surface area contributed by atoms with Gasteiger partial charge < -0.3 is 5.32 Å². The van der Waals surface area contributed by atoms with Gasteiger partial charge in [0.2, 0.25) is 0 Å². The summed E-state index contributed by atoms with van der Waals surface area (Å²) in [6.07, 6.45) is 0.508. The SMILES string of the molecule is CCCS(=O)(=O)c1ccccc1C(=O)N[C@@H](C)c1ccc(Br)cc1. The molecule has 0 bridgehead atoms. The van der Waals surface area contributed by atoms with E-state index < -0.39 is 9.84 Å². The van der Waals surface area contributed by atoms with Crippen molar-refractivity contribution in [2.75, 3.05) is 5.75 Å². The van der Waals surface area contributed by atoms with Crippen molar-refractivity contribution in [2.24, 2.45) is 0 Å². The lowest BCUT2D eigenvalue weighted by Gasteiger charge is -2.16. The Balaban J connectivity index is 2.26. The first-order chi connectivity index (χ1) is 11.3. The molecule has 0 aliphatic rings. The fourth-order valence-corrected chi connectivity index (χ4v) is 4.22. The Labute approximate surface area is 151 Å². The zero-order valence-corrected chi connectivity index (χ0v) is 16.0. The van der Waals surface area contributed by atoms with E-state index in [2.05, 4.69) is 21.2 Å². The van der Waals surface area contributed by atoms with Gasteiger partial charge in [0.15, 0.2) is 9.84 Å². The Hall–Kier alpha value is -1.66. The molecule has 6 heteroatoms. The zero-order chi connectivity index (χ0) is 17.7. The highest BCUT2D eigenvalue weighted by atomic mass is 79.9.